The summed E-state index contributed by atoms with van der Waals surface area (Å²) >= 11 is 0. The third kappa shape index (κ3) is 4.85. The van der Waals surface area contributed by atoms with Crippen LogP contribution in [-0.4, -0.2) is 20.9 Å². The molecule has 0 saturated carbocycles. The van der Waals surface area contributed by atoms with Crippen LogP contribution in [0.2, 0.25) is 0 Å². The van der Waals surface area contributed by atoms with Gasteiger partial charge in [0.15, 0.2) is 0 Å². The summed E-state index contributed by atoms with van der Waals surface area (Å²) in [6.45, 7) is 6.53. The monoisotopic (exact) mass is 374 g/mol. The van der Waals surface area contributed by atoms with Gasteiger partial charge in [-0.2, -0.15) is 0 Å². The normalized spacial score (nSPS) is 11.2. The maximum Gasteiger partial charge on any atom is 0.261 e. The highest BCUT2D eigenvalue weighted by Gasteiger charge is 2.17. The van der Waals surface area contributed by atoms with Gasteiger partial charge < -0.3 is 5.32 Å². The van der Waals surface area contributed by atoms with Crippen molar-refractivity contribution in [2.24, 2.45) is 0 Å². The minimum absolute atomic E-state index is 0.132. The van der Waals surface area contributed by atoms with Crippen molar-refractivity contribution in [1.29, 1.82) is 0 Å². The van der Waals surface area contributed by atoms with Crippen molar-refractivity contribution in [2.75, 3.05) is 11.3 Å². The Morgan fingerprint density at radius 2 is 1.73 bits per heavy atom. The van der Waals surface area contributed by atoms with E-state index in [2.05, 4.69) is 17.0 Å². The van der Waals surface area contributed by atoms with E-state index in [-0.39, 0.29) is 10.8 Å². The van der Waals surface area contributed by atoms with Crippen molar-refractivity contribution in [2.45, 2.75) is 44.9 Å². The number of hydrogen-bond donors (Lipinski definition) is 2. The van der Waals surface area contributed by atoms with Crippen LogP contribution in [0.4, 0.5) is 5.69 Å². The highest BCUT2D eigenvalue weighted by molar-refractivity contribution is 7.92. The molecule has 5 nitrogen and oxygen atoms in total. The molecule has 26 heavy (non-hydrogen) atoms. The predicted octanol–water partition coefficient (Wildman–Crippen LogP) is 3.89. The summed E-state index contributed by atoms with van der Waals surface area (Å²) in [4.78, 5) is 12.2. The largest absolute Gasteiger partial charge is 0.352 e. The summed E-state index contributed by atoms with van der Waals surface area (Å²) in [5, 5.41) is 2.82. The van der Waals surface area contributed by atoms with Crippen LogP contribution in [0.3, 0.4) is 0 Å². The van der Waals surface area contributed by atoms with Gasteiger partial charge in [-0.05, 0) is 55.2 Å². The predicted molar refractivity (Wildman–Crippen MR) is 105 cm³/mol. The molecule has 2 aromatic rings. The second-order valence-electron chi connectivity index (χ2n) is 6.20. The van der Waals surface area contributed by atoms with Gasteiger partial charge in [0.05, 0.1) is 10.6 Å². The molecule has 0 unspecified atom stereocenters. The van der Waals surface area contributed by atoms with Crippen LogP contribution < -0.4 is 10.0 Å². The molecule has 0 atom stereocenters. The highest BCUT2D eigenvalue weighted by Crippen LogP contribution is 2.24. The molecule has 0 aliphatic carbocycles. The zero-order valence-corrected chi connectivity index (χ0v) is 16.3. The fourth-order valence-corrected chi connectivity index (χ4v) is 3.80. The lowest BCUT2D eigenvalue weighted by molar-refractivity contribution is 0.0953. The lowest BCUT2D eigenvalue weighted by atomic mass is 10.1. The maximum atomic E-state index is 12.7. The Hall–Kier alpha value is -2.34. The molecule has 0 bridgehead atoms. The molecule has 0 radical (unpaired) electrons. The Kier molecular flexibility index (Phi) is 6.80. The fourth-order valence-electron chi connectivity index (χ4n) is 2.63. The lowest BCUT2D eigenvalue weighted by Crippen LogP contribution is -2.24. The Balaban J connectivity index is 2.19. The Morgan fingerprint density at radius 1 is 1.04 bits per heavy atom. The van der Waals surface area contributed by atoms with Crippen molar-refractivity contribution < 1.29 is 13.2 Å². The molecule has 1 amide bonds. The van der Waals surface area contributed by atoms with E-state index in [0.29, 0.717) is 17.8 Å². The molecule has 2 N–H and O–H groups in total. The summed E-state index contributed by atoms with van der Waals surface area (Å²) < 4.78 is 28.1. The molecule has 2 aromatic carbocycles. The van der Waals surface area contributed by atoms with E-state index in [9.17, 15) is 13.2 Å². The van der Waals surface area contributed by atoms with Crippen LogP contribution in [0.5, 0.6) is 0 Å². The Bertz CT molecular complexity index is 859. The Labute approximate surface area is 155 Å². The van der Waals surface area contributed by atoms with E-state index in [0.717, 1.165) is 30.4 Å². The van der Waals surface area contributed by atoms with E-state index in [1.54, 1.807) is 0 Å². The molecule has 2 rings (SSSR count). The zero-order chi connectivity index (χ0) is 19.2. The van der Waals surface area contributed by atoms with E-state index in [1.807, 2.05) is 32.0 Å². The van der Waals surface area contributed by atoms with Crippen molar-refractivity contribution in [1.82, 2.24) is 5.32 Å². The van der Waals surface area contributed by atoms with Crippen molar-refractivity contribution in [3.8, 4) is 0 Å². The second kappa shape index (κ2) is 8.85. The highest BCUT2D eigenvalue weighted by atomic mass is 32.2. The minimum atomic E-state index is -3.71. The molecule has 0 heterocycles. The van der Waals surface area contributed by atoms with Crippen LogP contribution in [0.15, 0.2) is 47.4 Å². The third-order valence-corrected chi connectivity index (χ3v) is 5.58. The SMILES string of the molecule is CCCCNC(=O)c1ccc(S(=O)(=O)Nc2c(C)cccc2CC)cc1. The molecule has 0 spiro atoms. The van der Waals surface area contributed by atoms with Gasteiger partial charge in [0, 0.05) is 12.1 Å². The molecule has 0 fully saturated rings. The van der Waals surface area contributed by atoms with Crippen LogP contribution in [0, 0.1) is 6.92 Å². The summed E-state index contributed by atoms with van der Waals surface area (Å²) in [6, 6.07) is 11.7. The van der Waals surface area contributed by atoms with Crippen LogP contribution >= 0.6 is 0 Å². The number of unbranched alkanes of at least 4 members (excludes halogenated alkanes) is 1. The average Bonchev–Trinajstić information content (AvgIpc) is 2.63. The number of carbonyl (C=O) groups is 1. The lowest BCUT2D eigenvalue weighted by Gasteiger charge is -2.14. The first-order valence-corrected chi connectivity index (χ1v) is 10.4. The number of para-hydroxylation sites is 1. The van der Waals surface area contributed by atoms with Gasteiger partial charge in [0.1, 0.15) is 0 Å². The van der Waals surface area contributed by atoms with Gasteiger partial charge in [-0.1, -0.05) is 38.5 Å². The van der Waals surface area contributed by atoms with Crippen LogP contribution in [-0.2, 0) is 16.4 Å². The van der Waals surface area contributed by atoms with Gasteiger partial charge in [-0.15, -0.1) is 0 Å². The van der Waals surface area contributed by atoms with E-state index < -0.39 is 10.0 Å². The van der Waals surface area contributed by atoms with Crippen molar-refractivity contribution >= 4 is 21.6 Å². The van der Waals surface area contributed by atoms with Crippen molar-refractivity contribution in [3.63, 3.8) is 0 Å². The Morgan fingerprint density at radius 3 is 2.35 bits per heavy atom. The smallest absolute Gasteiger partial charge is 0.261 e. The van der Waals surface area contributed by atoms with Crippen LogP contribution in [0.1, 0.15) is 48.2 Å². The maximum absolute atomic E-state index is 12.7. The molecular weight excluding hydrogens is 348 g/mol. The summed E-state index contributed by atoms with van der Waals surface area (Å²) in [6.07, 6.45) is 2.65. The number of carbonyl (C=O) groups excluding carboxylic acids is 1. The van der Waals surface area contributed by atoms with Gasteiger partial charge in [0.25, 0.3) is 15.9 Å². The quantitative estimate of drug-likeness (QED) is 0.688. The molecule has 140 valence electrons. The standard InChI is InChI=1S/C20H26N2O3S/c1-4-6-14-21-20(23)17-10-12-18(13-11-17)26(24,25)22-19-15(3)8-7-9-16(19)5-2/h7-13,22H,4-6,14H2,1-3H3,(H,21,23). The molecule has 0 aromatic heterocycles. The molecule has 0 saturated heterocycles. The van der Waals surface area contributed by atoms with Gasteiger partial charge in [-0.25, -0.2) is 8.42 Å². The first-order valence-electron chi connectivity index (χ1n) is 8.88. The van der Waals surface area contributed by atoms with E-state index in [1.165, 1.54) is 24.3 Å². The third-order valence-electron chi connectivity index (χ3n) is 4.22. The first kappa shape index (κ1) is 20.0. The second-order valence-corrected chi connectivity index (χ2v) is 7.88. The summed E-state index contributed by atoms with van der Waals surface area (Å²) in [5.74, 6) is -0.192. The van der Waals surface area contributed by atoms with Crippen LogP contribution in [0.25, 0.3) is 0 Å². The number of benzene rings is 2. The molecule has 0 aliphatic rings. The minimum Gasteiger partial charge on any atom is -0.352 e. The summed E-state index contributed by atoms with van der Waals surface area (Å²) in [5.41, 5.74) is 2.89. The average molecular weight is 375 g/mol. The number of sulfonamides is 1. The number of anilines is 1. The molecular formula is C20H26N2O3S. The number of aryl methyl sites for hydroxylation is 2. The molecule has 0 aliphatic heterocycles. The number of amides is 1. The van der Waals surface area contributed by atoms with E-state index in [4.69, 9.17) is 0 Å². The fraction of sp³-hybridized carbons (Fsp3) is 0.350. The molecule has 6 heteroatoms. The summed E-state index contributed by atoms with van der Waals surface area (Å²) in [7, 11) is -3.71. The number of rotatable bonds is 8. The first-order chi connectivity index (χ1) is 12.4. The van der Waals surface area contributed by atoms with Gasteiger partial charge in [-0.3, -0.25) is 9.52 Å². The van der Waals surface area contributed by atoms with Gasteiger partial charge >= 0.3 is 0 Å². The topological polar surface area (TPSA) is 75.3 Å². The van der Waals surface area contributed by atoms with E-state index >= 15 is 0 Å². The zero-order valence-electron chi connectivity index (χ0n) is 15.5. The van der Waals surface area contributed by atoms with Crippen molar-refractivity contribution in [3.05, 3.63) is 59.2 Å². The van der Waals surface area contributed by atoms with Gasteiger partial charge in [0.2, 0.25) is 0 Å². The number of nitrogens with one attached hydrogen (secondary N) is 2. The number of hydrogen-bond acceptors (Lipinski definition) is 3.